The van der Waals surface area contributed by atoms with Crippen LogP contribution in [0, 0.1) is 10.1 Å². The molecule has 0 aliphatic rings. The van der Waals surface area contributed by atoms with Crippen LogP contribution >= 0.6 is 11.6 Å². The Morgan fingerprint density at radius 3 is 2.69 bits per heavy atom. The molecule has 2 heterocycles. The summed E-state index contributed by atoms with van der Waals surface area (Å²) >= 11 is 6.10. The molecule has 3 rings (SSSR count). The molecule has 0 saturated carbocycles. The Morgan fingerprint density at radius 1 is 1.22 bits per heavy atom. The lowest BCUT2D eigenvalue weighted by atomic mass is 10.2. The van der Waals surface area contributed by atoms with E-state index < -0.39 is 4.92 Å². The van der Waals surface area contributed by atoms with Gasteiger partial charge in [0, 0.05) is 49.8 Å². The lowest BCUT2D eigenvalue weighted by Crippen LogP contribution is -2.09. The molecular weight excluding hydrogens is 436 g/mol. The van der Waals surface area contributed by atoms with Gasteiger partial charge < -0.3 is 15.8 Å². The number of anilines is 2. The molecule has 0 amide bonds. The van der Waals surface area contributed by atoms with E-state index in [0.717, 1.165) is 12.0 Å². The average molecular weight is 457 g/mol. The minimum atomic E-state index is -0.541. The van der Waals surface area contributed by atoms with E-state index in [1.807, 2.05) is 6.92 Å². The van der Waals surface area contributed by atoms with Crippen molar-refractivity contribution in [2.24, 2.45) is 10.2 Å². The Morgan fingerprint density at radius 2 is 2.00 bits per heavy atom. The summed E-state index contributed by atoms with van der Waals surface area (Å²) in [6, 6.07) is 7.44. The third-order valence-electron chi connectivity index (χ3n) is 4.21. The minimum Gasteiger partial charge on any atom is -0.382 e. The third-order valence-corrected chi connectivity index (χ3v) is 4.51. The number of azo groups is 1. The summed E-state index contributed by atoms with van der Waals surface area (Å²) in [4.78, 5) is 23.2. The quantitative estimate of drug-likeness (QED) is 0.188. The first-order chi connectivity index (χ1) is 15.5. The molecule has 0 fully saturated rings. The number of rotatable bonds is 10. The van der Waals surface area contributed by atoms with Crippen molar-refractivity contribution in [3.63, 3.8) is 0 Å². The summed E-state index contributed by atoms with van der Waals surface area (Å²) in [5.41, 5.74) is 7.25. The zero-order valence-corrected chi connectivity index (χ0v) is 18.0. The number of nitrogen functional groups attached to an aromatic ring is 1. The number of ether oxygens (including phenoxy) is 1. The van der Waals surface area contributed by atoms with Gasteiger partial charge in [0.25, 0.3) is 5.69 Å². The lowest BCUT2D eigenvalue weighted by molar-refractivity contribution is -0.384. The van der Waals surface area contributed by atoms with Crippen LogP contribution in [0.1, 0.15) is 13.3 Å². The molecule has 1 aromatic carbocycles. The molecule has 0 atom stereocenters. The third kappa shape index (κ3) is 5.93. The highest BCUT2D eigenvalue weighted by atomic mass is 35.5. The first-order valence-corrected chi connectivity index (χ1v) is 10.1. The van der Waals surface area contributed by atoms with E-state index in [1.165, 1.54) is 18.2 Å². The van der Waals surface area contributed by atoms with Gasteiger partial charge in [-0.15, -0.1) is 10.2 Å². The summed E-state index contributed by atoms with van der Waals surface area (Å²) in [6.45, 7) is 3.73. The van der Waals surface area contributed by atoms with Gasteiger partial charge in [-0.05, 0) is 31.5 Å². The number of halogens is 1. The standard InChI is InChI=1S/C20H21ClN8O3/c1-2-32-11-3-8-24-20-17(18(22)25-19(26-20)13-6-9-23-10-7-13)28-27-16-5-4-14(29(30)31)12-15(16)21/h4-7,9-10,12H,2-3,8,11H2,1H3,(H3,22,24,25,26). The van der Waals surface area contributed by atoms with E-state index in [1.54, 1.807) is 24.5 Å². The Bertz CT molecular complexity index is 1110. The topological polar surface area (TPSA) is 154 Å². The highest BCUT2D eigenvalue weighted by Gasteiger charge is 2.15. The van der Waals surface area contributed by atoms with E-state index in [4.69, 9.17) is 22.1 Å². The van der Waals surface area contributed by atoms with Crippen LogP contribution in [-0.2, 0) is 4.74 Å². The zero-order chi connectivity index (χ0) is 22.9. The molecule has 0 bridgehead atoms. The maximum Gasteiger partial charge on any atom is 0.271 e. The molecule has 0 aliphatic carbocycles. The first kappa shape index (κ1) is 23.0. The molecule has 3 aromatic rings. The maximum absolute atomic E-state index is 10.9. The van der Waals surface area contributed by atoms with Gasteiger partial charge in [-0.2, -0.15) is 0 Å². The number of nitrogens with one attached hydrogen (secondary N) is 1. The van der Waals surface area contributed by atoms with Gasteiger partial charge in [0.05, 0.1) is 9.95 Å². The summed E-state index contributed by atoms with van der Waals surface area (Å²) in [7, 11) is 0. The Labute approximate surface area is 188 Å². The number of hydrogen-bond acceptors (Lipinski definition) is 10. The molecule has 32 heavy (non-hydrogen) atoms. The van der Waals surface area contributed by atoms with Crippen molar-refractivity contribution in [3.8, 4) is 11.4 Å². The molecular formula is C20H21ClN8O3. The van der Waals surface area contributed by atoms with E-state index in [0.29, 0.717) is 31.4 Å². The van der Waals surface area contributed by atoms with Crippen molar-refractivity contribution < 1.29 is 9.66 Å². The highest BCUT2D eigenvalue weighted by Crippen LogP contribution is 2.35. The monoisotopic (exact) mass is 456 g/mol. The number of aromatic nitrogens is 3. The van der Waals surface area contributed by atoms with Crippen LogP contribution in [0.2, 0.25) is 5.02 Å². The zero-order valence-electron chi connectivity index (χ0n) is 17.2. The Kier molecular flexibility index (Phi) is 7.95. The van der Waals surface area contributed by atoms with Gasteiger partial charge in [0.15, 0.2) is 23.1 Å². The second-order valence-electron chi connectivity index (χ2n) is 6.44. The summed E-state index contributed by atoms with van der Waals surface area (Å²) in [5, 5.41) is 22.4. The van der Waals surface area contributed by atoms with Crippen molar-refractivity contribution in [1.29, 1.82) is 0 Å². The molecule has 166 valence electrons. The van der Waals surface area contributed by atoms with E-state index in [9.17, 15) is 10.1 Å². The highest BCUT2D eigenvalue weighted by molar-refractivity contribution is 6.33. The molecule has 12 heteroatoms. The molecule has 0 unspecified atom stereocenters. The van der Waals surface area contributed by atoms with Crippen LogP contribution in [0.4, 0.5) is 28.7 Å². The number of hydrogen-bond donors (Lipinski definition) is 2. The molecule has 0 spiro atoms. The fourth-order valence-electron chi connectivity index (χ4n) is 2.64. The molecule has 0 saturated heterocycles. The summed E-state index contributed by atoms with van der Waals surface area (Å²) in [6.07, 6.45) is 4.01. The minimum absolute atomic E-state index is 0.0852. The fraction of sp³-hybridized carbons (Fsp3) is 0.250. The predicted octanol–water partition coefficient (Wildman–Crippen LogP) is 4.94. The second kappa shape index (κ2) is 11.1. The van der Waals surface area contributed by atoms with Crippen LogP contribution in [-0.4, -0.2) is 39.6 Å². The van der Waals surface area contributed by atoms with Crippen molar-refractivity contribution in [1.82, 2.24) is 15.0 Å². The van der Waals surface area contributed by atoms with Crippen LogP contribution in [0.25, 0.3) is 11.4 Å². The van der Waals surface area contributed by atoms with E-state index >= 15 is 0 Å². The first-order valence-electron chi connectivity index (χ1n) is 9.74. The number of non-ortho nitro benzene ring substituents is 1. The molecule has 2 aromatic heterocycles. The molecule has 0 aliphatic heterocycles. The average Bonchev–Trinajstić information content (AvgIpc) is 2.79. The number of pyridine rings is 1. The van der Waals surface area contributed by atoms with Crippen molar-refractivity contribution in [2.75, 3.05) is 30.8 Å². The van der Waals surface area contributed by atoms with Crippen LogP contribution in [0.5, 0.6) is 0 Å². The van der Waals surface area contributed by atoms with Crippen molar-refractivity contribution >= 4 is 40.3 Å². The van der Waals surface area contributed by atoms with Crippen molar-refractivity contribution in [3.05, 3.63) is 57.9 Å². The molecule has 0 radical (unpaired) electrons. The van der Waals surface area contributed by atoms with Gasteiger partial charge in [-0.1, -0.05) is 11.6 Å². The Balaban J connectivity index is 1.92. The second-order valence-corrected chi connectivity index (χ2v) is 6.84. The number of nitrogens with zero attached hydrogens (tertiary/aromatic N) is 6. The van der Waals surface area contributed by atoms with Gasteiger partial charge >= 0.3 is 0 Å². The van der Waals surface area contributed by atoms with Gasteiger partial charge in [-0.3, -0.25) is 15.1 Å². The van der Waals surface area contributed by atoms with E-state index in [-0.39, 0.29) is 27.9 Å². The normalized spacial score (nSPS) is 11.1. The SMILES string of the molecule is CCOCCCNc1nc(-c2ccncc2)nc(N)c1N=Nc1ccc([N+](=O)[O-])cc1Cl. The molecule has 3 N–H and O–H groups in total. The van der Waals surface area contributed by atoms with Gasteiger partial charge in [-0.25, -0.2) is 9.97 Å². The number of benzene rings is 1. The van der Waals surface area contributed by atoms with Crippen LogP contribution in [0.15, 0.2) is 53.0 Å². The predicted molar refractivity (Wildman–Crippen MR) is 122 cm³/mol. The van der Waals surface area contributed by atoms with Gasteiger partial charge in [0.1, 0.15) is 5.69 Å². The van der Waals surface area contributed by atoms with Crippen molar-refractivity contribution in [2.45, 2.75) is 13.3 Å². The van der Waals surface area contributed by atoms with E-state index in [2.05, 4.69) is 30.5 Å². The maximum atomic E-state index is 10.9. The number of nitrogens with two attached hydrogens (primary N) is 1. The molecule has 11 nitrogen and oxygen atoms in total. The summed E-state index contributed by atoms with van der Waals surface area (Å²) in [5.74, 6) is 0.910. The largest absolute Gasteiger partial charge is 0.382 e. The van der Waals surface area contributed by atoms with Crippen LogP contribution < -0.4 is 11.1 Å². The summed E-state index contributed by atoms with van der Waals surface area (Å²) < 4.78 is 5.35. The van der Waals surface area contributed by atoms with Crippen LogP contribution in [0.3, 0.4) is 0 Å². The Hall–Kier alpha value is -3.70. The lowest BCUT2D eigenvalue weighted by Gasteiger charge is -2.11. The smallest absolute Gasteiger partial charge is 0.271 e. The number of nitro groups is 1. The number of nitro benzene ring substituents is 1. The van der Waals surface area contributed by atoms with Gasteiger partial charge in [0.2, 0.25) is 0 Å². The fourth-order valence-corrected chi connectivity index (χ4v) is 2.86.